The molecule has 1 aliphatic rings. The Kier molecular flexibility index (Phi) is 5.49. The first-order valence-electron chi connectivity index (χ1n) is 7.03. The molecule has 0 spiro atoms. The predicted octanol–water partition coefficient (Wildman–Crippen LogP) is 2.23. The summed E-state index contributed by atoms with van der Waals surface area (Å²) < 4.78 is 19.2. The van der Waals surface area contributed by atoms with E-state index in [1.807, 2.05) is 6.92 Å². The van der Waals surface area contributed by atoms with Gasteiger partial charge in [0.25, 0.3) is 0 Å². The van der Waals surface area contributed by atoms with Crippen LogP contribution in [0.25, 0.3) is 0 Å². The van der Waals surface area contributed by atoms with Crippen LogP contribution in [-0.2, 0) is 9.53 Å². The molecule has 1 heterocycles. The van der Waals surface area contributed by atoms with Gasteiger partial charge in [0.2, 0.25) is 5.91 Å². The molecule has 0 atom stereocenters. The Morgan fingerprint density at radius 1 is 1.45 bits per heavy atom. The molecule has 0 unspecified atom stereocenters. The number of halogens is 1. The van der Waals surface area contributed by atoms with Crippen molar-refractivity contribution in [1.82, 2.24) is 5.32 Å². The Morgan fingerprint density at radius 3 is 2.90 bits per heavy atom. The molecule has 0 saturated carbocycles. The van der Waals surface area contributed by atoms with E-state index in [1.165, 1.54) is 6.07 Å². The molecule has 1 aliphatic heterocycles. The van der Waals surface area contributed by atoms with Gasteiger partial charge in [0.15, 0.2) is 0 Å². The molecule has 0 aromatic heterocycles. The maximum atomic E-state index is 13.6. The molecule has 110 valence electrons. The fourth-order valence-corrected chi connectivity index (χ4v) is 2.21. The Bertz CT molecular complexity index is 459. The van der Waals surface area contributed by atoms with Crippen LogP contribution in [0.2, 0.25) is 0 Å². The van der Waals surface area contributed by atoms with Crippen molar-refractivity contribution in [2.24, 2.45) is 0 Å². The van der Waals surface area contributed by atoms with Crippen LogP contribution >= 0.6 is 0 Å². The number of nitrogens with one attached hydrogen (secondary N) is 2. The fourth-order valence-electron chi connectivity index (χ4n) is 2.21. The van der Waals surface area contributed by atoms with E-state index in [4.69, 9.17) is 4.74 Å². The molecule has 20 heavy (non-hydrogen) atoms. The first kappa shape index (κ1) is 14.9. The van der Waals surface area contributed by atoms with Gasteiger partial charge in [0, 0.05) is 0 Å². The molecule has 1 saturated heterocycles. The van der Waals surface area contributed by atoms with E-state index in [9.17, 15) is 9.18 Å². The number of hydrogen-bond donors (Lipinski definition) is 2. The van der Waals surface area contributed by atoms with E-state index in [-0.39, 0.29) is 24.1 Å². The number of benzene rings is 1. The van der Waals surface area contributed by atoms with E-state index < -0.39 is 5.82 Å². The van der Waals surface area contributed by atoms with Gasteiger partial charge in [-0.25, -0.2) is 4.39 Å². The summed E-state index contributed by atoms with van der Waals surface area (Å²) in [6.07, 6.45) is 2.44. The van der Waals surface area contributed by atoms with Gasteiger partial charge < -0.3 is 15.4 Å². The van der Waals surface area contributed by atoms with Crippen LogP contribution in [0.15, 0.2) is 18.2 Å². The number of amides is 1. The third-order valence-electron chi connectivity index (χ3n) is 3.37. The molecule has 0 radical (unpaired) electrons. The zero-order chi connectivity index (χ0) is 14.4. The Labute approximate surface area is 118 Å². The van der Waals surface area contributed by atoms with Crippen LogP contribution in [0.3, 0.4) is 0 Å². The van der Waals surface area contributed by atoms with Gasteiger partial charge in [-0.05, 0) is 50.6 Å². The van der Waals surface area contributed by atoms with Crippen molar-refractivity contribution in [3.8, 4) is 0 Å². The number of carbonyl (C=O) groups is 1. The summed E-state index contributed by atoms with van der Waals surface area (Å²) >= 11 is 0. The lowest BCUT2D eigenvalue weighted by atomic mass is 10.1. The third-order valence-corrected chi connectivity index (χ3v) is 3.37. The molecule has 2 rings (SSSR count). The van der Waals surface area contributed by atoms with E-state index in [1.54, 1.807) is 12.1 Å². The maximum Gasteiger partial charge on any atom is 0.226 e. The van der Waals surface area contributed by atoms with Crippen LogP contribution in [0.5, 0.6) is 0 Å². The Morgan fingerprint density at radius 2 is 2.20 bits per heavy atom. The van der Waals surface area contributed by atoms with Crippen molar-refractivity contribution in [3.05, 3.63) is 29.6 Å². The van der Waals surface area contributed by atoms with Crippen molar-refractivity contribution in [3.63, 3.8) is 0 Å². The number of carbonyl (C=O) groups excluding carboxylic acids is 1. The number of rotatable bonds is 5. The smallest absolute Gasteiger partial charge is 0.226 e. The lowest BCUT2D eigenvalue weighted by Crippen LogP contribution is -2.33. The predicted molar refractivity (Wildman–Crippen MR) is 76.2 cm³/mol. The SMILES string of the molecule is Cc1ccc(NC(=O)CCOC2CCNCC2)c(F)c1. The summed E-state index contributed by atoms with van der Waals surface area (Å²) in [7, 11) is 0. The van der Waals surface area contributed by atoms with Crippen molar-refractivity contribution < 1.29 is 13.9 Å². The highest BCUT2D eigenvalue weighted by Crippen LogP contribution is 2.15. The summed E-state index contributed by atoms with van der Waals surface area (Å²) in [6, 6.07) is 4.75. The molecule has 1 amide bonds. The number of piperidine rings is 1. The number of ether oxygens (including phenoxy) is 1. The fraction of sp³-hybridized carbons (Fsp3) is 0.533. The second kappa shape index (κ2) is 7.36. The second-order valence-corrected chi connectivity index (χ2v) is 5.10. The standard InChI is InChI=1S/C15H21FN2O2/c1-11-2-3-14(13(16)10-11)18-15(19)6-9-20-12-4-7-17-8-5-12/h2-3,10,12,17H,4-9H2,1H3,(H,18,19). The molecular formula is C15H21FN2O2. The van der Waals surface area contributed by atoms with Gasteiger partial charge in [0.1, 0.15) is 5.82 Å². The normalized spacial score (nSPS) is 16.1. The van der Waals surface area contributed by atoms with Crippen LogP contribution in [0, 0.1) is 12.7 Å². The van der Waals surface area contributed by atoms with Crippen LogP contribution in [0.4, 0.5) is 10.1 Å². The molecule has 2 N–H and O–H groups in total. The average molecular weight is 280 g/mol. The van der Waals surface area contributed by atoms with Crippen LogP contribution < -0.4 is 10.6 Å². The zero-order valence-electron chi connectivity index (χ0n) is 11.7. The van der Waals surface area contributed by atoms with Gasteiger partial charge in [-0.15, -0.1) is 0 Å². The minimum atomic E-state index is -0.405. The van der Waals surface area contributed by atoms with Gasteiger partial charge in [-0.2, -0.15) is 0 Å². The van der Waals surface area contributed by atoms with Crippen LogP contribution in [0.1, 0.15) is 24.8 Å². The molecular weight excluding hydrogens is 259 g/mol. The molecule has 0 aliphatic carbocycles. The zero-order valence-corrected chi connectivity index (χ0v) is 11.7. The lowest BCUT2D eigenvalue weighted by molar-refractivity contribution is -0.117. The average Bonchev–Trinajstić information content (AvgIpc) is 2.43. The van der Waals surface area contributed by atoms with Crippen molar-refractivity contribution in [1.29, 1.82) is 0 Å². The first-order valence-corrected chi connectivity index (χ1v) is 7.03. The third kappa shape index (κ3) is 4.58. The van der Waals surface area contributed by atoms with E-state index >= 15 is 0 Å². The second-order valence-electron chi connectivity index (χ2n) is 5.10. The number of hydrogen-bond acceptors (Lipinski definition) is 3. The quantitative estimate of drug-likeness (QED) is 0.869. The maximum absolute atomic E-state index is 13.6. The summed E-state index contributed by atoms with van der Waals surface area (Å²) in [5.41, 5.74) is 1.05. The minimum absolute atomic E-state index is 0.221. The van der Waals surface area contributed by atoms with Gasteiger partial charge in [-0.1, -0.05) is 6.07 Å². The summed E-state index contributed by atoms with van der Waals surface area (Å²) in [5.74, 6) is -0.626. The molecule has 4 nitrogen and oxygen atoms in total. The van der Waals surface area contributed by atoms with Crippen molar-refractivity contribution >= 4 is 11.6 Å². The highest BCUT2D eigenvalue weighted by molar-refractivity contribution is 5.90. The Balaban J connectivity index is 1.72. The molecule has 5 heteroatoms. The minimum Gasteiger partial charge on any atom is -0.378 e. The lowest BCUT2D eigenvalue weighted by Gasteiger charge is -2.22. The molecule has 1 fully saturated rings. The first-order chi connectivity index (χ1) is 9.65. The van der Waals surface area contributed by atoms with Crippen molar-refractivity contribution in [2.45, 2.75) is 32.3 Å². The summed E-state index contributed by atoms with van der Waals surface area (Å²) in [6.45, 7) is 4.11. The van der Waals surface area contributed by atoms with Gasteiger partial charge in [-0.3, -0.25) is 4.79 Å². The number of anilines is 1. The van der Waals surface area contributed by atoms with Gasteiger partial charge >= 0.3 is 0 Å². The van der Waals surface area contributed by atoms with E-state index in [0.29, 0.717) is 6.61 Å². The van der Waals surface area contributed by atoms with E-state index in [0.717, 1.165) is 31.5 Å². The number of aryl methyl sites for hydroxylation is 1. The molecule has 1 aromatic rings. The largest absolute Gasteiger partial charge is 0.378 e. The molecule has 1 aromatic carbocycles. The topological polar surface area (TPSA) is 50.4 Å². The Hall–Kier alpha value is -1.46. The summed E-state index contributed by atoms with van der Waals surface area (Å²) in [5, 5.41) is 5.83. The van der Waals surface area contributed by atoms with Crippen LogP contribution in [-0.4, -0.2) is 31.7 Å². The monoisotopic (exact) mass is 280 g/mol. The highest BCUT2D eigenvalue weighted by Gasteiger charge is 2.14. The van der Waals surface area contributed by atoms with Gasteiger partial charge in [0.05, 0.1) is 24.8 Å². The summed E-state index contributed by atoms with van der Waals surface area (Å²) in [4.78, 5) is 11.7. The molecule has 0 bridgehead atoms. The van der Waals surface area contributed by atoms with E-state index in [2.05, 4.69) is 10.6 Å². The van der Waals surface area contributed by atoms with Crippen molar-refractivity contribution in [2.75, 3.05) is 25.0 Å². The highest BCUT2D eigenvalue weighted by atomic mass is 19.1.